The Balaban J connectivity index is 2.16. The minimum atomic E-state index is 0.894. The van der Waals surface area contributed by atoms with Crippen LogP contribution < -0.4 is 0 Å². The fourth-order valence-electron chi connectivity index (χ4n) is 1.38. The molecule has 0 saturated heterocycles. The Bertz CT molecular complexity index is 371. The molecule has 2 aliphatic rings. The number of hydrogen-bond acceptors (Lipinski definition) is 1. The van der Waals surface area contributed by atoms with Crippen LogP contribution in [0.5, 0.6) is 0 Å². The number of allylic oxidation sites excluding steroid dienone is 2. The quantitative estimate of drug-likeness (QED) is 0.543. The normalized spacial score (nSPS) is 18.5. The van der Waals surface area contributed by atoms with Crippen molar-refractivity contribution in [2.75, 3.05) is 0 Å². The third-order valence-corrected chi connectivity index (χ3v) is 2.05. The average molecular weight is 145 g/mol. The molecular formula is C9H7NO. The molecule has 0 atom stereocenters. The van der Waals surface area contributed by atoms with Crippen LogP contribution in [0, 0.1) is 0 Å². The lowest BCUT2D eigenvalue weighted by molar-refractivity contribution is 0.451. The van der Waals surface area contributed by atoms with Gasteiger partial charge in [0.1, 0.15) is 0 Å². The summed E-state index contributed by atoms with van der Waals surface area (Å²) in [5, 5.41) is 0. The zero-order chi connectivity index (χ0) is 7.26. The molecule has 54 valence electrons. The van der Waals surface area contributed by atoms with Gasteiger partial charge < -0.3 is 9.30 Å². The van der Waals surface area contributed by atoms with Gasteiger partial charge in [-0.2, -0.15) is 0 Å². The van der Waals surface area contributed by atoms with E-state index in [2.05, 4.69) is 22.9 Å². The first-order chi connectivity index (χ1) is 5.43. The zero-order valence-electron chi connectivity index (χ0n) is 5.95. The van der Waals surface area contributed by atoms with Gasteiger partial charge in [-0.1, -0.05) is 0 Å². The van der Waals surface area contributed by atoms with Gasteiger partial charge in [0.2, 0.25) is 0 Å². The fraction of sp³-hybridized carbons (Fsp3) is 0.111. The molecule has 0 amide bonds. The van der Waals surface area contributed by atoms with Crippen LogP contribution in [0.2, 0.25) is 0 Å². The summed E-state index contributed by atoms with van der Waals surface area (Å²) in [6, 6.07) is 4.15. The minimum absolute atomic E-state index is 0.894. The number of hydrogen-bond donors (Lipinski definition) is 0. The van der Waals surface area contributed by atoms with Crippen LogP contribution in [0.15, 0.2) is 35.9 Å². The van der Waals surface area contributed by atoms with Gasteiger partial charge in [-0.3, -0.25) is 0 Å². The molecule has 0 unspecified atom stereocenters. The Hall–Kier alpha value is -1.44. The van der Waals surface area contributed by atoms with Crippen LogP contribution in [0.4, 0.5) is 0 Å². The second kappa shape index (κ2) is 1.59. The molecule has 0 radical (unpaired) electrons. The van der Waals surface area contributed by atoms with Crippen molar-refractivity contribution in [3.05, 3.63) is 41.6 Å². The van der Waals surface area contributed by atoms with E-state index in [0.29, 0.717) is 0 Å². The first kappa shape index (κ1) is 5.24. The van der Waals surface area contributed by atoms with Crippen molar-refractivity contribution in [3.8, 4) is 0 Å². The summed E-state index contributed by atoms with van der Waals surface area (Å²) < 4.78 is 7.38. The summed E-state index contributed by atoms with van der Waals surface area (Å²) in [5.74, 6) is 2.16. The first-order valence-electron chi connectivity index (χ1n) is 3.68. The average Bonchev–Trinajstić information content (AvgIpc) is 2.62. The van der Waals surface area contributed by atoms with Gasteiger partial charge in [-0.15, -0.1) is 0 Å². The first-order valence-corrected chi connectivity index (χ1v) is 3.68. The molecule has 0 bridgehead atoms. The molecule has 2 aliphatic heterocycles. The Kier molecular flexibility index (Phi) is 0.756. The van der Waals surface area contributed by atoms with Crippen LogP contribution in [-0.4, -0.2) is 4.57 Å². The Morgan fingerprint density at radius 3 is 3.36 bits per heavy atom. The molecule has 1 aromatic heterocycles. The van der Waals surface area contributed by atoms with Crippen molar-refractivity contribution in [2.45, 2.75) is 6.54 Å². The third-order valence-electron chi connectivity index (χ3n) is 2.05. The number of aromatic nitrogens is 1. The van der Waals surface area contributed by atoms with E-state index in [1.807, 2.05) is 12.1 Å². The summed E-state index contributed by atoms with van der Waals surface area (Å²) in [5.41, 5.74) is 1.25. The molecule has 1 aromatic rings. The summed E-state index contributed by atoms with van der Waals surface area (Å²) in [7, 11) is 0. The van der Waals surface area contributed by atoms with Crippen molar-refractivity contribution in [2.24, 2.45) is 0 Å². The standard InChI is InChI=1S/C9H7NO/c1-2-7-3-4-8-9(11-8)6-10(7)5-1/h1-5H,6H2. The highest BCUT2D eigenvalue weighted by atomic mass is 16.6. The molecule has 0 aliphatic carbocycles. The van der Waals surface area contributed by atoms with E-state index in [0.717, 1.165) is 18.1 Å². The molecule has 0 saturated carbocycles. The van der Waals surface area contributed by atoms with Gasteiger partial charge in [0.25, 0.3) is 0 Å². The van der Waals surface area contributed by atoms with E-state index in [1.165, 1.54) is 5.69 Å². The Morgan fingerprint density at radius 2 is 2.36 bits per heavy atom. The van der Waals surface area contributed by atoms with E-state index in [-0.39, 0.29) is 0 Å². The highest BCUT2D eigenvalue weighted by Gasteiger charge is 2.24. The molecule has 0 spiro atoms. The topological polar surface area (TPSA) is 17.5 Å². The second-order valence-corrected chi connectivity index (χ2v) is 2.78. The summed E-state index contributed by atoms with van der Waals surface area (Å²) >= 11 is 0. The van der Waals surface area contributed by atoms with Crippen LogP contribution in [-0.2, 0) is 11.3 Å². The minimum Gasteiger partial charge on any atom is -0.452 e. The maximum Gasteiger partial charge on any atom is 0.167 e. The molecule has 2 heteroatoms. The van der Waals surface area contributed by atoms with Crippen LogP contribution in [0.3, 0.4) is 0 Å². The van der Waals surface area contributed by atoms with Crippen molar-refractivity contribution >= 4 is 6.08 Å². The lowest BCUT2D eigenvalue weighted by Crippen LogP contribution is -1.96. The number of rotatable bonds is 0. The molecule has 11 heavy (non-hydrogen) atoms. The van der Waals surface area contributed by atoms with Crippen molar-refractivity contribution in [3.63, 3.8) is 0 Å². The number of ether oxygens (including phenoxy) is 1. The Labute approximate surface area is 64.4 Å². The van der Waals surface area contributed by atoms with Gasteiger partial charge in [-0.05, 0) is 24.3 Å². The van der Waals surface area contributed by atoms with Gasteiger partial charge in [-0.25, -0.2) is 0 Å². The number of fused-ring (bicyclic) bond motifs is 1. The highest BCUT2D eigenvalue weighted by molar-refractivity contribution is 5.54. The summed E-state index contributed by atoms with van der Waals surface area (Å²) in [4.78, 5) is 0. The van der Waals surface area contributed by atoms with E-state index in [4.69, 9.17) is 4.74 Å². The predicted molar refractivity (Wildman–Crippen MR) is 41.6 cm³/mol. The maximum absolute atomic E-state index is 5.21. The molecule has 2 nitrogen and oxygen atoms in total. The van der Waals surface area contributed by atoms with Crippen LogP contribution in [0.25, 0.3) is 6.08 Å². The van der Waals surface area contributed by atoms with Crippen LogP contribution in [0.1, 0.15) is 5.69 Å². The molecule has 3 heterocycles. The lowest BCUT2D eigenvalue weighted by Gasteiger charge is -2.00. The third kappa shape index (κ3) is 0.664. The van der Waals surface area contributed by atoms with E-state index >= 15 is 0 Å². The van der Waals surface area contributed by atoms with Gasteiger partial charge in [0.05, 0.1) is 6.54 Å². The fourth-order valence-corrected chi connectivity index (χ4v) is 1.38. The van der Waals surface area contributed by atoms with Gasteiger partial charge in [0, 0.05) is 11.9 Å². The van der Waals surface area contributed by atoms with E-state index in [1.54, 1.807) is 0 Å². The molecule has 0 fully saturated rings. The number of nitrogens with zero attached hydrogens (tertiary/aromatic N) is 1. The van der Waals surface area contributed by atoms with Crippen molar-refractivity contribution in [1.29, 1.82) is 0 Å². The molecule has 0 aromatic carbocycles. The maximum atomic E-state index is 5.21. The second-order valence-electron chi connectivity index (χ2n) is 2.78. The largest absolute Gasteiger partial charge is 0.452 e. The highest BCUT2D eigenvalue weighted by Crippen LogP contribution is 2.32. The zero-order valence-corrected chi connectivity index (χ0v) is 5.95. The van der Waals surface area contributed by atoms with Crippen molar-refractivity contribution < 1.29 is 4.74 Å². The van der Waals surface area contributed by atoms with Gasteiger partial charge in [0.15, 0.2) is 11.5 Å². The molecule has 0 N–H and O–H groups in total. The molecule has 3 rings (SSSR count). The summed E-state index contributed by atoms with van der Waals surface area (Å²) in [6.07, 6.45) is 6.17. The van der Waals surface area contributed by atoms with E-state index < -0.39 is 0 Å². The smallest absolute Gasteiger partial charge is 0.167 e. The Morgan fingerprint density at radius 1 is 1.36 bits per heavy atom. The van der Waals surface area contributed by atoms with Crippen molar-refractivity contribution in [1.82, 2.24) is 4.57 Å². The van der Waals surface area contributed by atoms with Gasteiger partial charge >= 0.3 is 0 Å². The monoisotopic (exact) mass is 145 g/mol. The van der Waals surface area contributed by atoms with E-state index in [9.17, 15) is 0 Å². The van der Waals surface area contributed by atoms with Crippen LogP contribution >= 0.6 is 0 Å². The summed E-state index contributed by atoms with van der Waals surface area (Å²) in [6.45, 7) is 0.894. The SMILES string of the molecule is C1=Cc2cccn2CC2=C1O2. The lowest BCUT2D eigenvalue weighted by atomic mass is 10.4. The molecular weight excluding hydrogens is 138 g/mol. The predicted octanol–water partition coefficient (Wildman–Crippen LogP) is 1.76.